The topological polar surface area (TPSA) is 95.5 Å². The van der Waals surface area contributed by atoms with Gasteiger partial charge in [0.05, 0.1) is 11.8 Å². The molecule has 0 bridgehead atoms. The van der Waals surface area contributed by atoms with Crippen LogP contribution in [-0.4, -0.2) is 22.9 Å². The molecule has 1 aromatic rings. The van der Waals surface area contributed by atoms with Crippen LogP contribution in [0.15, 0.2) is 36.4 Å². The lowest BCUT2D eigenvalue weighted by Crippen LogP contribution is -2.34. The van der Waals surface area contributed by atoms with Crippen LogP contribution in [0.4, 0.5) is 11.4 Å². The van der Waals surface area contributed by atoms with Crippen LogP contribution in [-0.2, 0) is 14.4 Å². The third-order valence-corrected chi connectivity index (χ3v) is 4.12. The quantitative estimate of drug-likeness (QED) is 0.690. The highest BCUT2D eigenvalue weighted by molar-refractivity contribution is 5.96. The molecule has 1 aromatic carbocycles. The maximum absolute atomic E-state index is 12.4. The average Bonchev–Trinajstić information content (AvgIpc) is 2.55. The number of rotatable bonds is 6. The summed E-state index contributed by atoms with van der Waals surface area (Å²) in [5.74, 6) is -2.29. The van der Waals surface area contributed by atoms with E-state index in [2.05, 4.69) is 10.6 Å². The summed E-state index contributed by atoms with van der Waals surface area (Å²) in [5, 5.41) is 14.8. The Kier molecular flexibility index (Phi) is 6.33. The Morgan fingerprint density at radius 3 is 2.04 bits per heavy atom. The Hall–Kier alpha value is -2.63. The van der Waals surface area contributed by atoms with Gasteiger partial charge in [-0.3, -0.25) is 14.4 Å². The second-order valence-electron chi connectivity index (χ2n) is 6.71. The zero-order valence-electron chi connectivity index (χ0n) is 14.5. The van der Waals surface area contributed by atoms with Crippen molar-refractivity contribution >= 4 is 29.2 Å². The fraction of sp³-hybridized carbons (Fsp3) is 0.421. The van der Waals surface area contributed by atoms with E-state index in [0.29, 0.717) is 30.6 Å². The molecular formula is C19H24N2O4. The van der Waals surface area contributed by atoms with Crippen molar-refractivity contribution in [2.75, 3.05) is 10.6 Å². The lowest BCUT2D eigenvalue weighted by atomic mass is 9.82. The molecule has 2 amide bonds. The minimum absolute atomic E-state index is 0.0509. The summed E-state index contributed by atoms with van der Waals surface area (Å²) in [6, 6.07) is 6.81. The highest BCUT2D eigenvalue weighted by atomic mass is 16.4. The molecule has 1 aliphatic carbocycles. The molecule has 0 unspecified atom stereocenters. The SMILES string of the molecule is CC(C)CC(=O)Nc1ccc(NC(=O)[C@H]2CC=CC[C@@H]2C(=O)O)cc1. The number of carbonyl (C=O) groups excluding carboxylic acids is 2. The van der Waals surface area contributed by atoms with E-state index in [1.165, 1.54) is 0 Å². The van der Waals surface area contributed by atoms with E-state index in [9.17, 15) is 19.5 Å². The van der Waals surface area contributed by atoms with Crippen molar-refractivity contribution in [3.8, 4) is 0 Å². The summed E-state index contributed by atoms with van der Waals surface area (Å²) in [5.41, 5.74) is 1.23. The highest BCUT2D eigenvalue weighted by Crippen LogP contribution is 2.27. The van der Waals surface area contributed by atoms with Gasteiger partial charge in [0, 0.05) is 17.8 Å². The molecule has 25 heavy (non-hydrogen) atoms. The second-order valence-corrected chi connectivity index (χ2v) is 6.71. The first-order valence-corrected chi connectivity index (χ1v) is 8.45. The van der Waals surface area contributed by atoms with Gasteiger partial charge in [-0.1, -0.05) is 26.0 Å². The van der Waals surface area contributed by atoms with Gasteiger partial charge in [-0.2, -0.15) is 0 Å². The van der Waals surface area contributed by atoms with E-state index < -0.39 is 17.8 Å². The maximum atomic E-state index is 12.4. The van der Waals surface area contributed by atoms with Crippen molar-refractivity contribution in [2.24, 2.45) is 17.8 Å². The molecule has 0 fully saturated rings. The summed E-state index contributed by atoms with van der Waals surface area (Å²) in [6.45, 7) is 3.95. The third-order valence-electron chi connectivity index (χ3n) is 4.12. The Bertz CT molecular complexity index is 665. The number of hydrogen-bond acceptors (Lipinski definition) is 3. The Balaban J connectivity index is 1.96. The van der Waals surface area contributed by atoms with Gasteiger partial charge in [0.25, 0.3) is 0 Å². The first-order valence-electron chi connectivity index (χ1n) is 8.45. The first kappa shape index (κ1) is 18.7. The van der Waals surface area contributed by atoms with E-state index in [4.69, 9.17) is 0 Å². The molecule has 134 valence electrons. The summed E-state index contributed by atoms with van der Waals surface area (Å²) >= 11 is 0. The van der Waals surface area contributed by atoms with Crippen LogP contribution in [0.25, 0.3) is 0 Å². The molecule has 2 atom stereocenters. The summed E-state index contributed by atoms with van der Waals surface area (Å²) in [7, 11) is 0. The van der Waals surface area contributed by atoms with Crippen molar-refractivity contribution in [1.82, 2.24) is 0 Å². The van der Waals surface area contributed by atoms with Crippen molar-refractivity contribution in [3.63, 3.8) is 0 Å². The average molecular weight is 344 g/mol. The van der Waals surface area contributed by atoms with Crippen LogP contribution >= 0.6 is 0 Å². The van der Waals surface area contributed by atoms with Gasteiger partial charge in [-0.05, 0) is 43.0 Å². The van der Waals surface area contributed by atoms with E-state index in [0.717, 1.165) is 0 Å². The smallest absolute Gasteiger partial charge is 0.307 e. The summed E-state index contributed by atoms with van der Waals surface area (Å²) in [4.78, 5) is 35.4. The van der Waals surface area contributed by atoms with Crippen molar-refractivity contribution < 1.29 is 19.5 Å². The molecule has 0 spiro atoms. The van der Waals surface area contributed by atoms with Crippen LogP contribution in [0.5, 0.6) is 0 Å². The number of carboxylic acids is 1. The molecule has 0 radical (unpaired) electrons. The molecule has 2 rings (SSSR count). The number of amides is 2. The number of allylic oxidation sites excluding steroid dienone is 2. The van der Waals surface area contributed by atoms with Crippen LogP contribution in [0, 0.1) is 17.8 Å². The number of aliphatic carboxylic acids is 1. The molecular weight excluding hydrogens is 320 g/mol. The van der Waals surface area contributed by atoms with E-state index in [1.54, 1.807) is 30.3 Å². The molecule has 0 saturated heterocycles. The van der Waals surface area contributed by atoms with Gasteiger partial charge in [0.2, 0.25) is 11.8 Å². The highest BCUT2D eigenvalue weighted by Gasteiger charge is 2.33. The number of nitrogens with one attached hydrogen (secondary N) is 2. The van der Waals surface area contributed by atoms with Crippen LogP contribution in [0.3, 0.4) is 0 Å². The normalized spacial score (nSPS) is 19.5. The second kappa shape index (κ2) is 8.46. The van der Waals surface area contributed by atoms with Crippen LogP contribution in [0.1, 0.15) is 33.1 Å². The number of hydrogen-bond donors (Lipinski definition) is 3. The third kappa shape index (κ3) is 5.45. The number of carbonyl (C=O) groups is 3. The fourth-order valence-corrected chi connectivity index (χ4v) is 2.83. The maximum Gasteiger partial charge on any atom is 0.307 e. The van der Waals surface area contributed by atoms with Crippen LogP contribution in [0.2, 0.25) is 0 Å². The fourth-order valence-electron chi connectivity index (χ4n) is 2.83. The number of carboxylic acid groups (broad SMARTS) is 1. The summed E-state index contributed by atoms with van der Waals surface area (Å²) < 4.78 is 0. The molecule has 6 nitrogen and oxygen atoms in total. The minimum atomic E-state index is -0.951. The molecule has 0 saturated carbocycles. The van der Waals surface area contributed by atoms with Crippen molar-refractivity contribution in [2.45, 2.75) is 33.1 Å². The van der Waals surface area contributed by atoms with Crippen molar-refractivity contribution in [3.05, 3.63) is 36.4 Å². The molecule has 0 aliphatic heterocycles. The zero-order valence-corrected chi connectivity index (χ0v) is 14.5. The Morgan fingerprint density at radius 2 is 1.52 bits per heavy atom. The van der Waals surface area contributed by atoms with E-state index >= 15 is 0 Å². The lowest BCUT2D eigenvalue weighted by Gasteiger charge is -2.24. The number of benzene rings is 1. The Labute approximate surface area is 147 Å². The first-order chi connectivity index (χ1) is 11.9. The zero-order chi connectivity index (χ0) is 18.4. The minimum Gasteiger partial charge on any atom is -0.481 e. The van der Waals surface area contributed by atoms with E-state index in [-0.39, 0.29) is 17.7 Å². The van der Waals surface area contributed by atoms with Crippen LogP contribution < -0.4 is 10.6 Å². The lowest BCUT2D eigenvalue weighted by molar-refractivity contribution is -0.146. The van der Waals surface area contributed by atoms with Gasteiger partial charge in [0.1, 0.15) is 0 Å². The monoisotopic (exact) mass is 344 g/mol. The molecule has 0 aromatic heterocycles. The van der Waals surface area contributed by atoms with E-state index in [1.807, 2.05) is 19.9 Å². The molecule has 6 heteroatoms. The standard InChI is InChI=1S/C19H24N2O4/c1-12(2)11-17(22)20-13-7-9-14(10-8-13)21-18(23)15-5-3-4-6-16(15)19(24)25/h3-4,7-10,12,15-16H,5-6,11H2,1-2H3,(H,20,22)(H,21,23)(H,24,25)/t15-,16-/m0/s1. The Morgan fingerprint density at radius 1 is 1.00 bits per heavy atom. The predicted octanol–water partition coefficient (Wildman–Crippen LogP) is 3.28. The largest absolute Gasteiger partial charge is 0.481 e. The molecule has 0 heterocycles. The molecule has 3 N–H and O–H groups in total. The van der Waals surface area contributed by atoms with Gasteiger partial charge < -0.3 is 15.7 Å². The number of anilines is 2. The van der Waals surface area contributed by atoms with Gasteiger partial charge >= 0.3 is 5.97 Å². The predicted molar refractivity (Wildman–Crippen MR) is 96.1 cm³/mol. The van der Waals surface area contributed by atoms with Gasteiger partial charge in [0.15, 0.2) is 0 Å². The van der Waals surface area contributed by atoms with Gasteiger partial charge in [-0.25, -0.2) is 0 Å². The van der Waals surface area contributed by atoms with Crippen molar-refractivity contribution in [1.29, 1.82) is 0 Å². The summed E-state index contributed by atoms with van der Waals surface area (Å²) in [6.07, 6.45) is 4.89. The van der Waals surface area contributed by atoms with Gasteiger partial charge in [-0.15, -0.1) is 0 Å². The molecule has 1 aliphatic rings.